The van der Waals surface area contributed by atoms with E-state index in [0.29, 0.717) is 6.42 Å². The number of nitrogens with one attached hydrogen (secondary N) is 1. The molecule has 1 saturated heterocycles. The van der Waals surface area contributed by atoms with Gasteiger partial charge in [0.2, 0.25) is 8.32 Å². The number of alkyl carbamates (subject to hydrolysis) is 1. The Morgan fingerprint density at radius 1 is 0.923 bits per heavy atom. The van der Waals surface area contributed by atoms with E-state index in [-0.39, 0.29) is 23.2 Å². The SMILES string of the molecule is CCCC[C@@H]1C(=O)O[C@@H](C)[C@@H](NC(=O)OCc2ccccc2)C(=O)O[C@H](C)[C@H]1O[Si](C(C)C)(C(C)C)C(C)C. The van der Waals surface area contributed by atoms with Gasteiger partial charge in [-0.1, -0.05) is 91.6 Å². The van der Waals surface area contributed by atoms with Gasteiger partial charge in [-0.25, -0.2) is 9.59 Å². The summed E-state index contributed by atoms with van der Waals surface area (Å²) in [6.45, 7) is 18.6. The minimum atomic E-state index is -2.44. The smallest absolute Gasteiger partial charge is 0.408 e. The Morgan fingerprint density at radius 3 is 2.03 bits per heavy atom. The van der Waals surface area contributed by atoms with Crippen LogP contribution in [0.15, 0.2) is 30.3 Å². The van der Waals surface area contributed by atoms with E-state index >= 15 is 0 Å². The summed E-state index contributed by atoms with van der Waals surface area (Å²) in [4.78, 5) is 39.6. The molecule has 8 nitrogen and oxygen atoms in total. The molecule has 0 aromatic heterocycles. The van der Waals surface area contributed by atoms with Crippen LogP contribution >= 0.6 is 0 Å². The highest BCUT2D eigenvalue weighted by Crippen LogP contribution is 2.45. The molecule has 1 heterocycles. The lowest BCUT2D eigenvalue weighted by molar-refractivity contribution is -0.159. The first-order valence-corrected chi connectivity index (χ1v) is 16.5. The maximum atomic E-state index is 13.6. The number of rotatable bonds is 11. The summed E-state index contributed by atoms with van der Waals surface area (Å²) in [6.07, 6.45) is -0.846. The predicted molar refractivity (Wildman–Crippen MR) is 154 cm³/mol. The van der Waals surface area contributed by atoms with Crippen LogP contribution in [-0.2, 0) is 34.8 Å². The van der Waals surface area contributed by atoms with Crippen LogP contribution in [0.1, 0.15) is 87.1 Å². The van der Waals surface area contributed by atoms with Crippen molar-refractivity contribution in [3.8, 4) is 0 Å². The highest BCUT2D eigenvalue weighted by molar-refractivity contribution is 6.77. The highest BCUT2D eigenvalue weighted by Gasteiger charge is 2.51. The Kier molecular flexibility index (Phi) is 12.5. The molecule has 9 heteroatoms. The third-order valence-electron chi connectivity index (χ3n) is 7.89. The van der Waals surface area contributed by atoms with Crippen LogP contribution in [0.25, 0.3) is 0 Å². The quantitative estimate of drug-likeness (QED) is 0.186. The van der Waals surface area contributed by atoms with Gasteiger partial charge in [0.05, 0.1) is 12.0 Å². The van der Waals surface area contributed by atoms with Crippen LogP contribution in [-0.4, -0.2) is 50.7 Å². The van der Waals surface area contributed by atoms with E-state index in [4.69, 9.17) is 18.6 Å². The Hall–Kier alpha value is -2.39. The zero-order valence-corrected chi connectivity index (χ0v) is 26.2. The number of cyclic esters (lactones) is 2. The van der Waals surface area contributed by atoms with Gasteiger partial charge in [-0.15, -0.1) is 0 Å². The fourth-order valence-corrected chi connectivity index (χ4v) is 11.6. The van der Waals surface area contributed by atoms with Crippen molar-refractivity contribution < 1.29 is 33.0 Å². The summed E-state index contributed by atoms with van der Waals surface area (Å²) < 4.78 is 24.1. The number of carbonyl (C=O) groups excluding carboxylic acids is 3. The minimum Gasteiger partial charge on any atom is -0.460 e. The number of carbonyl (C=O) groups is 3. The molecule has 39 heavy (non-hydrogen) atoms. The third kappa shape index (κ3) is 8.30. The Morgan fingerprint density at radius 2 is 1.49 bits per heavy atom. The van der Waals surface area contributed by atoms with Crippen molar-refractivity contribution in [2.24, 2.45) is 5.92 Å². The second-order valence-corrected chi connectivity index (χ2v) is 17.0. The predicted octanol–water partition coefficient (Wildman–Crippen LogP) is 6.53. The van der Waals surface area contributed by atoms with Gasteiger partial charge in [-0.05, 0) is 42.5 Å². The maximum absolute atomic E-state index is 13.6. The van der Waals surface area contributed by atoms with E-state index in [9.17, 15) is 14.4 Å². The van der Waals surface area contributed by atoms with E-state index in [2.05, 4.69) is 53.8 Å². The normalized spacial score (nSPS) is 24.6. The fraction of sp³-hybridized carbons (Fsp3) is 0.700. The molecule has 1 fully saturated rings. The molecular weight excluding hydrogens is 514 g/mol. The lowest BCUT2D eigenvalue weighted by Crippen LogP contribution is -2.55. The van der Waals surface area contributed by atoms with Crippen LogP contribution in [0.5, 0.6) is 0 Å². The van der Waals surface area contributed by atoms with E-state index in [0.717, 1.165) is 18.4 Å². The van der Waals surface area contributed by atoms with Crippen molar-refractivity contribution in [1.29, 1.82) is 0 Å². The van der Waals surface area contributed by atoms with Crippen molar-refractivity contribution in [2.75, 3.05) is 0 Å². The van der Waals surface area contributed by atoms with Crippen LogP contribution in [0.3, 0.4) is 0 Å². The van der Waals surface area contributed by atoms with Crippen molar-refractivity contribution >= 4 is 26.3 Å². The number of unbranched alkanes of at least 4 members (excludes halogenated alkanes) is 1. The van der Waals surface area contributed by atoms with E-state index in [1.807, 2.05) is 30.3 Å². The molecule has 1 aromatic rings. The molecule has 0 spiro atoms. The first-order valence-electron chi connectivity index (χ1n) is 14.4. The topological polar surface area (TPSA) is 100 Å². The van der Waals surface area contributed by atoms with Crippen LogP contribution in [0.2, 0.25) is 16.6 Å². The zero-order chi connectivity index (χ0) is 29.3. The molecule has 0 saturated carbocycles. The minimum absolute atomic E-state index is 0.0420. The third-order valence-corrected chi connectivity index (χ3v) is 14.0. The molecule has 0 aliphatic carbocycles. The molecule has 1 aliphatic heterocycles. The van der Waals surface area contributed by atoms with Gasteiger partial charge in [-0.2, -0.15) is 0 Å². The second-order valence-electron chi connectivity index (χ2n) is 11.6. The van der Waals surface area contributed by atoms with Crippen LogP contribution in [0.4, 0.5) is 4.79 Å². The number of hydrogen-bond donors (Lipinski definition) is 1. The van der Waals surface area contributed by atoms with Gasteiger partial charge in [-0.3, -0.25) is 4.79 Å². The number of esters is 2. The molecule has 1 aromatic carbocycles. The molecular formula is C30H49NO7Si. The number of benzene rings is 1. The van der Waals surface area contributed by atoms with Gasteiger partial charge in [0.25, 0.3) is 0 Å². The highest BCUT2D eigenvalue weighted by atomic mass is 28.4. The largest absolute Gasteiger partial charge is 0.460 e. The second kappa shape index (κ2) is 14.8. The maximum Gasteiger partial charge on any atom is 0.408 e. The summed E-state index contributed by atoms with van der Waals surface area (Å²) in [5.74, 6) is -1.72. The van der Waals surface area contributed by atoms with Crippen molar-refractivity contribution in [2.45, 2.75) is 129 Å². The van der Waals surface area contributed by atoms with Crippen molar-refractivity contribution in [3.05, 3.63) is 35.9 Å². The Bertz CT molecular complexity index is 915. The molecule has 5 atom stereocenters. The van der Waals surface area contributed by atoms with E-state index in [1.165, 1.54) is 0 Å². The van der Waals surface area contributed by atoms with Crippen LogP contribution in [0, 0.1) is 5.92 Å². The summed E-state index contributed by atoms with van der Waals surface area (Å²) in [5, 5.41) is 2.56. The standard InChI is InChI=1S/C30H49NO7Si/c1-10-11-17-25-27(38-39(19(2)3,20(4)5)21(6)7)23(9)37-29(33)26(22(8)36-28(25)32)31-30(34)35-18-24-15-13-12-14-16-24/h12-16,19-23,25-27H,10-11,17-18H2,1-9H3,(H,31,34)/t22-,23+,25-,26+,27+/m0/s1. The van der Waals surface area contributed by atoms with Gasteiger partial charge in [0, 0.05) is 0 Å². The molecule has 0 radical (unpaired) electrons. The summed E-state index contributed by atoms with van der Waals surface area (Å²) in [5.41, 5.74) is 1.65. The average molecular weight is 564 g/mol. The number of hydrogen-bond acceptors (Lipinski definition) is 7. The molecule has 220 valence electrons. The fourth-order valence-electron chi connectivity index (χ4n) is 5.91. The first kappa shape index (κ1) is 32.8. The lowest BCUT2D eigenvalue weighted by Gasteiger charge is -2.46. The summed E-state index contributed by atoms with van der Waals surface area (Å²) in [6, 6.07) is 8.01. The Labute approximate surface area is 235 Å². The molecule has 2 rings (SSSR count). The van der Waals surface area contributed by atoms with Crippen molar-refractivity contribution in [3.63, 3.8) is 0 Å². The molecule has 1 aliphatic rings. The molecule has 0 unspecified atom stereocenters. The summed E-state index contributed by atoms with van der Waals surface area (Å²) >= 11 is 0. The van der Waals surface area contributed by atoms with Crippen LogP contribution < -0.4 is 5.32 Å². The zero-order valence-electron chi connectivity index (χ0n) is 25.2. The van der Waals surface area contributed by atoms with Gasteiger partial charge in [0.15, 0.2) is 6.04 Å². The van der Waals surface area contributed by atoms with E-state index in [1.54, 1.807) is 13.8 Å². The van der Waals surface area contributed by atoms with E-state index < -0.39 is 56.6 Å². The summed E-state index contributed by atoms with van der Waals surface area (Å²) in [7, 11) is -2.44. The molecule has 1 N–H and O–H groups in total. The Balaban J connectivity index is 2.35. The monoisotopic (exact) mass is 563 g/mol. The molecule has 0 bridgehead atoms. The lowest BCUT2D eigenvalue weighted by atomic mass is 9.93. The van der Waals surface area contributed by atoms with Crippen molar-refractivity contribution in [1.82, 2.24) is 5.32 Å². The van der Waals surface area contributed by atoms with Gasteiger partial charge < -0.3 is 24.0 Å². The number of ether oxygens (including phenoxy) is 3. The molecule has 1 amide bonds. The first-order chi connectivity index (χ1) is 18.3. The average Bonchev–Trinajstić information content (AvgIpc) is 2.89. The number of amides is 1. The van der Waals surface area contributed by atoms with Gasteiger partial charge in [0.1, 0.15) is 18.8 Å². The van der Waals surface area contributed by atoms with Gasteiger partial charge >= 0.3 is 18.0 Å².